The monoisotopic (exact) mass is 216 g/mol. The van der Waals surface area contributed by atoms with Crippen LogP contribution in [0.2, 0.25) is 0 Å². The van der Waals surface area contributed by atoms with Crippen molar-refractivity contribution in [2.24, 2.45) is 5.84 Å². The summed E-state index contributed by atoms with van der Waals surface area (Å²) in [5, 5.41) is 0. The Kier molecular flexibility index (Phi) is 6.28. The van der Waals surface area contributed by atoms with Crippen molar-refractivity contribution in [3.05, 3.63) is 29.8 Å². The molecule has 0 amide bonds. The van der Waals surface area contributed by atoms with Crippen LogP contribution in [0.4, 0.5) is 0 Å². The molecule has 0 heterocycles. The molecule has 0 spiro atoms. The van der Waals surface area contributed by atoms with Crippen molar-refractivity contribution in [3.8, 4) is 5.75 Å². The summed E-state index contributed by atoms with van der Waals surface area (Å²) < 4.78 is 5.06. The smallest absolute Gasteiger partial charge is 0.118 e. The number of ether oxygens (including phenoxy) is 1. The molecule has 1 rings (SSSR count). The molecular weight excluding hydrogens is 200 g/mol. The van der Waals surface area contributed by atoms with E-state index in [1.165, 1.54) is 5.56 Å². The number of hydrogen-bond acceptors (Lipinski definition) is 3. The highest BCUT2D eigenvalue weighted by Crippen LogP contribution is 2.12. The summed E-state index contributed by atoms with van der Waals surface area (Å²) >= 11 is 0. The van der Waals surface area contributed by atoms with Crippen LogP contribution in [0.3, 0.4) is 0 Å². The number of benzene rings is 1. The van der Waals surface area contributed by atoms with Gasteiger partial charge in [0.05, 0.1) is 7.11 Å². The van der Waals surface area contributed by atoms with Gasteiger partial charge in [-0.15, -0.1) is 12.4 Å². The first kappa shape index (κ1) is 13.2. The van der Waals surface area contributed by atoms with Crippen LogP contribution < -0.4 is 16.0 Å². The van der Waals surface area contributed by atoms with Crippen molar-refractivity contribution in [2.45, 2.75) is 19.4 Å². The van der Waals surface area contributed by atoms with Crippen LogP contribution in [0.25, 0.3) is 0 Å². The summed E-state index contributed by atoms with van der Waals surface area (Å²) in [6.07, 6.45) is 0.931. The van der Waals surface area contributed by atoms with Crippen LogP contribution >= 0.6 is 12.4 Å². The summed E-state index contributed by atoms with van der Waals surface area (Å²) in [5.41, 5.74) is 3.97. The molecule has 1 atom stereocenters. The number of hydrazine groups is 1. The standard InChI is InChI=1S/C10H16N2O.ClH/c1-8(12-11)7-9-3-5-10(13-2)6-4-9;/h3-6,8,12H,7,11H2,1-2H3;1H. The van der Waals surface area contributed by atoms with Gasteiger partial charge >= 0.3 is 0 Å². The number of halogens is 1. The molecule has 3 N–H and O–H groups in total. The van der Waals surface area contributed by atoms with Crippen LogP contribution in [0, 0.1) is 0 Å². The van der Waals surface area contributed by atoms with Crippen LogP contribution in [-0.4, -0.2) is 13.2 Å². The SMILES string of the molecule is COc1ccc(CC(C)NN)cc1.Cl. The Labute approximate surface area is 91.0 Å². The topological polar surface area (TPSA) is 47.3 Å². The summed E-state index contributed by atoms with van der Waals surface area (Å²) in [7, 11) is 1.67. The lowest BCUT2D eigenvalue weighted by atomic mass is 10.1. The number of nitrogens with two attached hydrogens (primary N) is 1. The van der Waals surface area contributed by atoms with Gasteiger partial charge in [-0.25, -0.2) is 0 Å². The maximum atomic E-state index is 5.30. The molecule has 0 aliphatic rings. The molecule has 14 heavy (non-hydrogen) atoms. The quantitative estimate of drug-likeness (QED) is 0.593. The maximum Gasteiger partial charge on any atom is 0.118 e. The normalized spacial score (nSPS) is 11.6. The lowest BCUT2D eigenvalue weighted by Crippen LogP contribution is -2.33. The first-order chi connectivity index (χ1) is 6.26. The van der Waals surface area contributed by atoms with Gasteiger partial charge in [-0.3, -0.25) is 11.3 Å². The Bertz CT molecular complexity index is 251. The third-order valence-corrected chi connectivity index (χ3v) is 1.99. The van der Waals surface area contributed by atoms with Crippen LogP contribution in [0.1, 0.15) is 12.5 Å². The molecule has 80 valence electrons. The summed E-state index contributed by atoms with van der Waals surface area (Å²) in [6.45, 7) is 2.05. The van der Waals surface area contributed by atoms with Gasteiger partial charge in [-0.1, -0.05) is 12.1 Å². The van der Waals surface area contributed by atoms with E-state index in [1.807, 2.05) is 31.2 Å². The highest BCUT2D eigenvalue weighted by atomic mass is 35.5. The molecule has 0 aliphatic heterocycles. The fourth-order valence-electron chi connectivity index (χ4n) is 1.17. The average Bonchev–Trinajstić information content (AvgIpc) is 2.19. The van der Waals surface area contributed by atoms with E-state index in [4.69, 9.17) is 10.6 Å². The predicted molar refractivity (Wildman–Crippen MR) is 60.7 cm³/mol. The number of methoxy groups -OCH3 is 1. The minimum absolute atomic E-state index is 0. The summed E-state index contributed by atoms with van der Waals surface area (Å²) in [4.78, 5) is 0. The Morgan fingerprint density at radius 1 is 1.36 bits per heavy atom. The first-order valence-corrected chi connectivity index (χ1v) is 4.35. The predicted octanol–water partition coefficient (Wildman–Crippen LogP) is 1.51. The lowest BCUT2D eigenvalue weighted by Gasteiger charge is -2.09. The van der Waals surface area contributed by atoms with Crippen LogP contribution in [-0.2, 0) is 6.42 Å². The second kappa shape index (κ2) is 6.65. The third-order valence-electron chi connectivity index (χ3n) is 1.99. The highest BCUT2D eigenvalue weighted by molar-refractivity contribution is 5.85. The van der Waals surface area contributed by atoms with Gasteiger partial charge in [0.15, 0.2) is 0 Å². The van der Waals surface area contributed by atoms with Crippen molar-refractivity contribution in [1.82, 2.24) is 5.43 Å². The largest absolute Gasteiger partial charge is 0.497 e. The lowest BCUT2D eigenvalue weighted by molar-refractivity contribution is 0.414. The van der Waals surface area contributed by atoms with E-state index >= 15 is 0 Å². The van der Waals surface area contributed by atoms with Gasteiger partial charge in [0, 0.05) is 6.04 Å². The third kappa shape index (κ3) is 3.96. The second-order valence-electron chi connectivity index (χ2n) is 3.12. The molecule has 1 unspecified atom stereocenters. The minimum atomic E-state index is 0. The number of nitrogens with one attached hydrogen (secondary N) is 1. The molecule has 0 radical (unpaired) electrons. The highest BCUT2D eigenvalue weighted by Gasteiger charge is 2.00. The average molecular weight is 217 g/mol. The molecule has 0 saturated carbocycles. The molecular formula is C10H17ClN2O. The minimum Gasteiger partial charge on any atom is -0.497 e. The van der Waals surface area contributed by atoms with Gasteiger partial charge in [0.1, 0.15) is 5.75 Å². The zero-order valence-corrected chi connectivity index (χ0v) is 9.30. The molecule has 1 aromatic rings. The second-order valence-corrected chi connectivity index (χ2v) is 3.12. The zero-order valence-electron chi connectivity index (χ0n) is 8.49. The van der Waals surface area contributed by atoms with E-state index in [0.717, 1.165) is 12.2 Å². The molecule has 0 aromatic heterocycles. The Hall–Kier alpha value is -0.770. The molecule has 0 aliphatic carbocycles. The van der Waals surface area contributed by atoms with E-state index in [9.17, 15) is 0 Å². The molecule has 0 saturated heterocycles. The van der Waals surface area contributed by atoms with Gasteiger partial charge < -0.3 is 4.74 Å². The van der Waals surface area contributed by atoms with E-state index < -0.39 is 0 Å². The van der Waals surface area contributed by atoms with Crippen molar-refractivity contribution < 1.29 is 4.74 Å². The fourth-order valence-corrected chi connectivity index (χ4v) is 1.17. The molecule has 3 nitrogen and oxygen atoms in total. The molecule has 4 heteroatoms. The van der Waals surface area contributed by atoms with E-state index in [0.29, 0.717) is 6.04 Å². The fraction of sp³-hybridized carbons (Fsp3) is 0.400. The van der Waals surface area contributed by atoms with Gasteiger partial charge in [-0.2, -0.15) is 0 Å². The van der Waals surface area contributed by atoms with Gasteiger partial charge in [0.25, 0.3) is 0 Å². The van der Waals surface area contributed by atoms with E-state index in [-0.39, 0.29) is 12.4 Å². The van der Waals surface area contributed by atoms with Crippen molar-refractivity contribution in [2.75, 3.05) is 7.11 Å². The van der Waals surface area contributed by atoms with Crippen molar-refractivity contribution >= 4 is 12.4 Å². The zero-order chi connectivity index (χ0) is 9.68. The molecule has 0 fully saturated rings. The summed E-state index contributed by atoms with van der Waals surface area (Å²) in [6, 6.07) is 8.31. The van der Waals surface area contributed by atoms with Crippen LogP contribution in [0.15, 0.2) is 24.3 Å². The van der Waals surface area contributed by atoms with Gasteiger partial charge in [0.2, 0.25) is 0 Å². The maximum absolute atomic E-state index is 5.30. The number of hydrogen-bond donors (Lipinski definition) is 2. The summed E-state index contributed by atoms with van der Waals surface area (Å²) in [5.74, 6) is 6.19. The molecule has 1 aromatic carbocycles. The Balaban J connectivity index is 0.00000169. The number of rotatable bonds is 4. The van der Waals surface area contributed by atoms with Gasteiger partial charge in [-0.05, 0) is 31.0 Å². The van der Waals surface area contributed by atoms with Crippen molar-refractivity contribution in [1.29, 1.82) is 0 Å². The van der Waals surface area contributed by atoms with E-state index in [2.05, 4.69) is 5.43 Å². The Morgan fingerprint density at radius 2 is 1.93 bits per heavy atom. The Morgan fingerprint density at radius 3 is 2.36 bits per heavy atom. The van der Waals surface area contributed by atoms with E-state index in [1.54, 1.807) is 7.11 Å². The molecule has 0 bridgehead atoms. The van der Waals surface area contributed by atoms with Crippen molar-refractivity contribution in [3.63, 3.8) is 0 Å². The first-order valence-electron chi connectivity index (χ1n) is 4.35. The van der Waals surface area contributed by atoms with Crippen LogP contribution in [0.5, 0.6) is 5.75 Å².